The van der Waals surface area contributed by atoms with Gasteiger partial charge < -0.3 is 22.8 Å². The molecule has 3 N–H and O–H groups in total. The third-order valence-corrected chi connectivity index (χ3v) is 3.21. The number of para-hydroxylation sites is 1. The van der Waals surface area contributed by atoms with Gasteiger partial charge in [-0.3, -0.25) is 5.43 Å². The van der Waals surface area contributed by atoms with E-state index in [1.165, 1.54) is 6.21 Å². The summed E-state index contributed by atoms with van der Waals surface area (Å²) in [6, 6.07) is 13.0. The number of aromatic hydroxyl groups is 1. The van der Waals surface area contributed by atoms with Gasteiger partial charge in [0, 0.05) is 18.7 Å². The van der Waals surface area contributed by atoms with Gasteiger partial charge in [0.15, 0.2) is 16.6 Å². The van der Waals surface area contributed by atoms with E-state index in [0.717, 1.165) is 11.4 Å². The zero-order valence-corrected chi connectivity index (χ0v) is 13.8. The number of anilines is 1. The third-order valence-electron chi connectivity index (χ3n) is 3.02. The summed E-state index contributed by atoms with van der Waals surface area (Å²) in [6.07, 6.45) is 1.53. The van der Waals surface area contributed by atoms with Crippen LogP contribution in [0, 0.1) is 6.92 Å². The Morgan fingerprint density at radius 2 is 1.91 bits per heavy atom. The van der Waals surface area contributed by atoms with Crippen molar-refractivity contribution in [1.29, 1.82) is 0 Å². The third kappa shape index (κ3) is 4.68. The number of nitrogens with one attached hydrogen (secondary N) is 2. The first-order chi connectivity index (χ1) is 10.1. The molecule has 7 heteroatoms. The lowest BCUT2D eigenvalue weighted by molar-refractivity contribution is -0.678. The molecule has 0 aliphatic rings. The fourth-order valence-corrected chi connectivity index (χ4v) is 1.91. The number of nitrogens with zero attached hydrogens (tertiary/aromatic N) is 2. The van der Waals surface area contributed by atoms with Crippen LogP contribution in [0.5, 0.6) is 5.75 Å². The van der Waals surface area contributed by atoms with Gasteiger partial charge in [0.05, 0.1) is 0 Å². The van der Waals surface area contributed by atoms with E-state index in [1.807, 2.05) is 54.9 Å². The van der Waals surface area contributed by atoms with Crippen LogP contribution < -0.4 is 27.7 Å². The molecule has 0 atom stereocenters. The summed E-state index contributed by atoms with van der Waals surface area (Å²) >= 11 is 5.14. The Bertz CT molecular complexity index is 677. The average molecular weight is 337 g/mol. The molecule has 0 aliphatic carbocycles. The van der Waals surface area contributed by atoms with E-state index in [9.17, 15) is 5.11 Å². The minimum Gasteiger partial charge on any atom is -1.00 e. The summed E-state index contributed by atoms with van der Waals surface area (Å²) in [4.78, 5) is 0. The Balaban J connectivity index is 0.00000242. The zero-order chi connectivity index (χ0) is 15.2. The van der Waals surface area contributed by atoms with Crippen LogP contribution in [0.2, 0.25) is 0 Å². The summed E-state index contributed by atoms with van der Waals surface area (Å²) in [5.74, 6) is 0.163. The summed E-state index contributed by atoms with van der Waals surface area (Å²) in [7, 11) is 1.86. The summed E-state index contributed by atoms with van der Waals surface area (Å²) in [5, 5.41) is 17.3. The molecule has 0 fully saturated rings. The van der Waals surface area contributed by atoms with Crippen LogP contribution in [0.15, 0.2) is 47.6 Å². The fraction of sp³-hybridized carbons (Fsp3) is 0.133. The van der Waals surface area contributed by atoms with Crippen LogP contribution in [0.25, 0.3) is 0 Å². The molecule has 0 radical (unpaired) electrons. The topological polar surface area (TPSA) is 60.5 Å². The fourth-order valence-electron chi connectivity index (χ4n) is 1.74. The van der Waals surface area contributed by atoms with Gasteiger partial charge in [-0.2, -0.15) is 9.67 Å². The van der Waals surface area contributed by atoms with Crippen molar-refractivity contribution in [2.24, 2.45) is 12.1 Å². The molecule has 0 unspecified atom stereocenters. The first-order valence-electron chi connectivity index (χ1n) is 6.41. The second-order valence-corrected chi connectivity index (χ2v) is 4.90. The standard InChI is InChI=1S/C15H16N4OS.ClH/c1-11-8-9-14(20)13(19(11)2)10-16-18-15(21)17-12-6-4-3-5-7-12;/h3-10H,1-2H3,(H2,17,20,21);1H. The molecule has 1 aromatic heterocycles. The predicted octanol–water partition coefficient (Wildman–Crippen LogP) is -1.15. The van der Waals surface area contributed by atoms with Crippen molar-refractivity contribution < 1.29 is 22.1 Å². The highest BCUT2D eigenvalue weighted by atomic mass is 35.5. The molecular weight excluding hydrogens is 320 g/mol. The summed E-state index contributed by atoms with van der Waals surface area (Å²) in [6.45, 7) is 1.95. The van der Waals surface area contributed by atoms with Crippen molar-refractivity contribution in [2.45, 2.75) is 6.92 Å². The predicted molar refractivity (Wildman–Crippen MR) is 87.4 cm³/mol. The lowest BCUT2D eigenvalue weighted by atomic mass is 10.3. The number of hydrogen-bond acceptors (Lipinski definition) is 3. The highest BCUT2D eigenvalue weighted by Crippen LogP contribution is 2.10. The van der Waals surface area contributed by atoms with Crippen molar-refractivity contribution in [1.82, 2.24) is 5.43 Å². The van der Waals surface area contributed by atoms with E-state index < -0.39 is 0 Å². The molecule has 2 aromatic rings. The number of pyridine rings is 1. The monoisotopic (exact) mass is 336 g/mol. The minimum absolute atomic E-state index is 0. The van der Waals surface area contributed by atoms with Gasteiger partial charge in [-0.1, -0.05) is 18.2 Å². The molecule has 0 saturated heterocycles. The van der Waals surface area contributed by atoms with Gasteiger partial charge in [-0.05, 0) is 30.4 Å². The molecule has 0 bridgehead atoms. The van der Waals surface area contributed by atoms with Gasteiger partial charge in [-0.25, -0.2) is 0 Å². The van der Waals surface area contributed by atoms with E-state index in [4.69, 9.17) is 12.2 Å². The average Bonchev–Trinajstić information content (AvgIpc) is 2.48. The zero-order valence-electron chi connectivity index (χ0n) is 12.2. The van der Waals surface area contributed by atoms with Crippen molar-refractivity contribution in [3.63, 3.8) is 0 Å². The quantitative estimate of drug-likeness (QED) is 0.287. The Morgan fingerprint density at radius 1 is 1.23 bits per heavy atom. The second-order valence-electron chi connectivity index (χ2n) is 4.49. The molecule has 1 heterocycles. The van der Waals surface area contributed by atoms with E-state index in [0.29, 0.717) is 10.8 Å². The minimum atomic E-state index is 0. The van der Waals surface area contributed by atoms with Crippen molar-refractivity contribution in [3.8, 4) is 5.75 Å². The highest BCUT2D eigenvalue weighted by Gasteiger charge is 2.12. The van der Waals surface area contributed by atoms with Gasteiger partial charge in [0.1, 0.15) is 13.3 Å². The number of benzene rings is 1. The molecule has 1 aromatic carbocycles. The van der Waals surface area contributed by atoms with Crippen LogP contribution in [-0.4, -0.2) is 16.4 Å². The van der Waals surface area contributed by atoms with E-state index in [-0.39, 0.29) is 18.2 Å². The van der Waals surface area contributed by atoms with E-state index in [1.54, 1.807) is 6.07 Å². The molecular formula is C15H17ClN4OS. The number of rotatable bonds is 3. The van der Waals surface area contributed by atoms with Crippen LogP contribution in [-0.2, 0) is 7.05 Å². The molecule has 0 saturated carbocycles. The summed E-state index contributed by atoms with van der Waals surface area (Å²) in [5.41, 5.74) is 5.22. The van der Waals surface area contributed by atoms with E-state index >= 15 is 0 Å². The lowest BCUT2D eigenvalue weighted by Gasteiger charge is -2.06. The Labute approximate surface area is 141 Å². The first-order valence-corrected chi connectivity index (χ1v) is 6.82. The molecule has 0 spiro atoms. The van der Waals surface area contributed by atoms with Crippen molar-refractivity contribution in [2.75, 3.05) is 5.32 Å². The maximum Gasteiger partial charge on any atom is 0.267 e. The molecule has 0 amide bonds. The Morgan fingerprint density at radius 3 is 2.59 bits per heavy atom. The van der Waals surface area contributed by atoms with Gasteiger partial charge in [0.25, 0.3) is 5.69 Å². The largest absolute Gasteiger partial charge is 1.00 e. The Hall–Kier alpha value is -2.18. The van der Waals surface area contributed by atoms with Crippen LogP contribution in [0.4, 0.5) is 5.69 Å². The van der Waals surface area contributed by atoms with Crippen LogP contribution in [0.1, 0.15) is 11.4 Å². The molecule has 22 heavy (non-hydrogen) atoms. The molecule has 5 nitrogen and oxygen atoms in total. The first kappa shape index (κ1) is 17.9. The van der Waals surface area contributed by atoms with Crippen molar-refractivity contribution in [3.05, 3.63) is 53.9 Å². The molecule has 0 aliphatic heterocycles. The number of halogens is 1. The summed E-state index contributed by atoms with van der Waals surface area (Å²) < 4.78 is 1.84. The van der Waals surface area contributed by atoms with Gasteiger partial charge >= 0.3 is 0 Å². The maximum absolute atomic E-state index is 9.83. The maximum atomic E-state index is 9.83. The number of aromatic nitrogens is 1. The highest BCUT2D eigenvalue weighted by molar-refractivity contribution is 7.80. The van der Waals surface area contributed by atoms with E-state index in [2.05, 4.69) is 15.8 Å². The Kier molecular flexibility index (Phi) is 6.75. The number of hydrazone groups is 1. The van der Waals surface area contributed by atoms with Gasteiger partial charge in [0.2, 0.25) is 0 Å². The second kappa shape index (κ2) is 8.31. The smallest absolute Gasteiger partial charge is 0.267 e. The SMILES string of the molecule is Cc1ccc(O)c(C=NNC(=S)Nc2ccccc2)[n+]1C.[Cl-]. The number of hydrogen-bond donors (Lipinski definition) is 3. The molecule has 2 rings (SSSR count). The number of aryl methyl sites for hydroxylation is 1. The van der Waals surface area contributed by atoms with Crippen LogP contribution in [0.3, 0.4) is 0 Å². The van der Waals surface area contributed by atoms with Gasteiger partial charge in [-0.15, -0.1) is 0 Å². The normalized spacial score (nSPS) is 10.1. The van der Waals surface area contributed by atoms with Crippen molar-refractivity contribution >= 4 is 29.2 Å². The van der Waals surface area contributed by atoms with Crippen LogP contribution >= 0.6 is 12.2 Å². The molecule has 116 valence electrons. The lowest BCUT2D eigenvalue weighted by Crippen LogP contribution is -3.00. The number of thiocarbonyl (C=S) groups is 1.